The number of benzene rings is 2. The molecule has 5 nitrogen and oxygen atoms in total. The highest BCUT2D eigenvalue weighted by Gasteiger charge is 2.36. The Morgan fingerprint density at radius 2 is 1.83 bits per heavy atom. The number of carboxylic acids is 1. The summed E-state index contributed by atoms with van der Waals surface area (Å²) in [6, 6.07) is 15.1. The van der Waals surface area contributed by atoms with Crippen LogP contribution in [0.1, 0.15) is 29.5 Å². The topological polar surface area (TPSA) is 60.9 Å². The predicted molar refractivity (Wildman–Crippen MR) is 109 cm³/mol. The summed E-state index contributed by atoms with van der Waals surface area (Å²) in [7, 11) is 0. The highest BCUT2D eigenvalue weighted by molar-refractivity contribution is 6.02. The van der Waals surface area contributed by atoms with Crippen molar-refractivity contribution in [3.8, 4) is 0 Å². The summed E-state index contributed by atoms with van der Waals surface area (Å²) in [5, 5.41) is 9.05. The predicted octanol–water partition coefficient (Wildman–Crippen LogP) is 3.21. The molecular weight excluding hydrogens is 371 g/mol. The average Bonchev–Trinajstić information content (AvgIpc) is 3.03. The smallest absolute Gasteiger partial charge is 0.307 e. The second kappa shape index (κ2) is 8.33. The van der Waals surface area contributed by atoms with Crippen LogP contribution in [0.3, 0.4) is 0 Å². The van der Waals surface area contributed by atoms with Crippen molar-refractivity contribution < 1.29 is 19.1 Å². The number of hydrogen-bond donors (Lipinski definition) is 1. The molecule has 1 N–H and O–H groups in total. The Labute approximate surface area is 169 Å². The number of piperidine rings is 1. The van der Waals surface area contributed by atoms with Crippen LogP contribution in [0.15, 0.2) is 48.5 Å². The van der Waals surface area contributed by atoms with Gasteiger partial charge in [-0.2, -0.15) is 0 Å². The number of anilines is 1. The van der Waals surface area contributed by atoms with Gasteiger partial charge in [0, 0.05) is 31.2 Å². The zero-order valence-electron chi connectivity index (χ0n) is 16.3. The zero-order chi connectivity index (χ0) is 20.4. The molecule has 0 radical (unpaired) electrons. The van der Waals surface area contributed by atoms with Gasteiger partial charge in [-0.25, -0.2) is 4.39 Å². The summed E-state index contributed by atoms with van der Waals surface area (Å²) in [4.78, 5) is 27.3. The number of alkyl halides is 1. The molecule has 2 aromatic carbocycles. The van der Waals surface area contributed by atoms with Crippen LogP contribution in [0, 0.1) is 0 Å². The maximum atomic E-state index is 14.8. The molecule has 2 aliphatic heterocycles. The first-order valence-electron chi connectivity index (χ1n) is 10.1. The number of carbonyl (C=O) groups is 2. The van der Waals surface area contributed by atoms with Crippen LogP contribution >= 0.6 is 0 Å². The number of fused-ring (bicyclic) bond motifs is 1. The zero-order valence-corrected chi connectivity index (χ0v) is 16.3. The van der Waals surface area contributed by atoms with E-state index >= 15 is 0 Å². The van der Waals surface area contributed by atoms with Gasteiger partial charge in [-0.15, -0.1) is 0 Å². The van der Waals surface area contributed by atoms with Crippen molar-refractivity contribution in [3.05, 3.63) is 65.2 Å². The molecule has 4 rings (SSSR count). The lowest BCUT2D eigenvalue weighted by molar-refractivity contribution is -0.136. The lowest BCUT2D eigenvalue weighted by Crippen LogP contribution is -2.48. The van der Waals surface area contributed by atoms with Crippen molar-refractivity contribution in [1.29, 1.82) is 0 Å². The van der Waals surface area contributed by atoms with E-state index in [4.69, 9.17) is 5.11 Å². The van der Waals surface area contributed by atoms with E-state index in [-0.39, 0.29) is 18.4 Å². The van der Waals surface area contributed by atoms with E-state index in [0.717, 1.165) is 16.8 Å². The minimum Gasteiger partial charge on any atom is -0.481 e. The van der Waals surface area contributed by atoms with Crippen molar-refractivity contribution in [3.63, 3.8) is 0 Å². The van der Waals surface area contributed by atoms with E-state index in [1.165, 1.54) is 0 Å². The van der Waals surface area contributed by atoms with Crippen molar-refractivity contribution in [2.75, 3.05) is 18.0 Å². The van der Waals surface area contributed by atoms with Crippen molar-refractivity contribution >= 4 is 17.6 Å². The first-order valence-corrected chi connectivity index (χ1v) is 10.1. The molecule has 1 atom stereocenters. The molecule has 1 fully saturated rings. The normalized spacial score (nSPS) is 18.7. The van der Waals surface area contributed by atoms with E-state index in [0.29, 0.717) is 44.3 Å². The molecule has 29 heavy (non-hydrogen) atoms. The van der Waals surface area contributed by atoms with Gasteiger partial charge < -0.3 is 10.0 Å². The van der Waals surface area contributed by atoms with Gasteiger partial charge in [0.15, 0.2) is 6.30 Å². The first-order chi connectivity index (χ1) is 14.0. The number of nitrogens with zero attached hydrogens (tertiary/aromatic N) is 2. The molecule has 2 aromatic rings. The van der Waals surface area contributed by atoms with Gasteiger partial charge in [-0.3, -0.25) is 14.5 Å². The minimum absolute atomic E-state index is 0.0315. The summed E-state index contributed by atoms with van der Waals surface area (Å²) < 4.78 is 14.8. The van der Waals surface area contributed by atoms with E-state index in [2.05, 4.69) is 0 Å². The molecule has 2 heterocycles. The third-order valence-corrected chi connectivity index (χ3v) is 5.88. The maximum Gasteiger partial charge on any atom is 0.307 e. The summed E-state index contributed by atoms with van der Waals surface area (Å²) in [6.45, 7) is 1.21. The van der Waals surface area contributed by atoms with Gasteiger partial charge in [0.25, 0.3) is 0 Å². The Morgan fingerprint density at radius 1 is 1.10 bits per heavy atom. The molecule has 1 saturated heterocycles. The fourth-order valence-corrected chi connectivity index (χ4v) is 4.41. The summed E-state index contributed by atoms with van der Waals surface area (Å²) in [5.41, 5.74) is 3.45. The molecule has 0 bridgehead atoms. The Balaban J connectivity index is 1.41. The van der Waals surface area contributed by atoms with Crippen LogP contribution in [-0.4, -0.2) is 47.3 Å². The molecule has 2 aliphatic rings. The molecule has 1 unspecified atom stereocenters. The Morgan fingerprint density at radius 3 is 2.52 bits per heavy atom. The number of rotatable bonds is 6. The maximum absolute atomic E-state index is 14.8. The number of aliphatic carboxylic acids is 1. The van der Waals surface area contributed by atoms with E-state index in [9.17, 15) is 14.0 Å². The quantitative estimate of drug-likeness (QED) is 0.762. The van der Waals surface area contributed by atoms with Crippen LogP contribution in [-0.2, 0) is 28.9 Å². The molecule has 0 saturated carbocycles. The number of halogens is 1. The molecular formula is C23H25FN2O3. The SMILES string of the molecule is O=C(O)Cc1ccc2c(c1)N(C1CCN(C(F)Cc3ccccc3)CC1)C(=O)C2. The van der Waals surface area contributed by atoms with Gasteiger partial charge in [0.1, 0.15) is 0 Å². The minimum atomic E-state index is -1.03. The molecule has 0 aliphatic carbocycles. The van der Waals surface area contributed by atoms with Gasteiger partial charge in [-0.05, 0) is 35.6 Å². The lowest BCUT2D eigenvalue weighted by atomic mass is 10.0. The fourth-order valence-electron chi connectivity index (χ4n) is 4.41. The van der Waals surface area contributed by atoms with Crippen LogP contribution in [0.25, 0.3) is 0 Å². The van der Waals surface area contributed by atoms with Crippen LogP contribution < -0.4 is 4.90 Å². The molecule has 0 spiro atoms. The summed E-state index contributed by atoms with van der Waals surface area (Å²) in [6.07, 6.45) is 1.06. The molecule has 6 heteroatoms. The van der Waals surface area contributed by atoms with Crippen molar-refractivity contribution in [2.45, 2.75) is 44.4 Å². The number of carbonyl (C=O) groups excluding carboxylic acids is 1. The average molecular weight is 396 g/mol. The van der Waals surface area contributed by atoms with E-state index in [1.54, 1.807) is 6.07 Å². The lowest BCUT2D eigenvalue weighted by Gasteiger charge is -2.38. The highest BCUT2D eigenvalue weighted by atomic mass is 19.1. The fraction of sp³-hybridized carbons (Fsp3) is 0.391. The first kappa shape index (κ1) is 19.6. The third kappa shape index (κ3) is 4.32. The summed E-state index contributed by atoms with van der Waals surface area (Å²) >= 11 is 0. The monoisotopic (exact) mass is 396 g/mol. The van der Waals surface area contributed by atoms with Crippen molar-refractivity contribution in [1.82, 2.24) is 4.90 Å². The van der Waals surface area contributed by atoms with E-state index < -0.39 is 12.3 Å². The van der Waals surface area contributed by atoms with Crippen molar-refractivity contribution in [2.24, 2.45) is 0 Å². The second-order valence-electron chi connectivity index (χ2n) is 7.87. The van der Waals surface area contributed by atoms with Gasteiger partial charge in [0.2, 0.25) is 5.91 Å². The molecule has 1 amide bonds. The number of likely N-dealkylation sites (tertiary alicyclic amines) is 1. The Kier molecular flexibility index (Phi) is 5.62. The molecule has 152 valence electrons. The highest BCUT2D eigenvalue weighted by Crippen LogP contribution is 2.35. The Bertz CT molecular complexity index is 894. The van der Waals surface area contributed by atoms with Gasteiger partial charge in [-0.1, -0.05) is 42.5 Å². The largest absolute Gasteiger partial charge is 0.481 e. The van der Waals surface area contributed by atoms with Gasteiger partial charge in [0.05, 0.1) is 12.8 Å². The number of amides is 1. The number of hydrogen-bond acceptors (Lipinski definition) is 3. The summed E-state index contributed by atoms with van der Waals surface area (Å²) in [5.74, 6) is -0.839. The standard InChI is InChI=1S/C23H25FN2O3/c24-21(13-16-4-2-1-3-5-16)25-10-8-19(9-11-25)26-20-12-17(14-23(28)29)6-7-18(20)15-22(26)27/h1-7,12,19,21H,8-11,13-15H2,(H,28,29). The third-order valence-electron chi connectivity index (χ3n) is 5.88. The van der Waals surface area contributed by atoms with E-state index in [1.807, 2.05) is 52.3 Å². The molecule has 0 aromatic heterocycles. The van der Waals surface area contributed by atoms with Crippen LogP contribution in [0.2, 0.25) is 0 Å². The second-order valence-corrected chi connectivity index (χ2v) is 7.87. The van der Waals surface area contributed by atoms with Crippen LogP contribution in [0.5, 0.6) is 0 Å². The van der Waals surface area contributed by atoms with Crippen LogP contribution in [0.4, 0.5) is 10.1 Å². The van der Waals surface area contributed by atoms with Gasteiger partial charge >= 0.3 is 5.97 Å². The number of carboxylic acid groups (broad SMARTS) is 1. The Hall–Kier alpha value is -2.73.